The first kappa shape index (κ1) is 17.9. The van der Waals surface area contributed by atoms with Gasteiger partial charge in [-0.3, -0.25) is 0 Å². The number of hydrogen-bond donors (Lipinski definition) is 2. The van der Waals surface area contributed by atoms with Gasteiger partial charge < -0.3 is 10.2 Å². The molecule has 10 nitrogen and oxygen atoms in total. The molecule has 0 aromatic heterocycles. The number of hydrogen-bond acceptors (Lipinski definition) is 10. The molecule has 2 N–H and O–H groups in total. The number of isocyanates is 4. The molecule has 0 spiro atoms. The monoisotopic (exact) mass is 350 g/mol. The van der Waals surface area contributed by atoms with Crippen LogP contribution in [0.25, 0.3) is 11.1 Å². The summed E-state index contributed by atoms with van der Waals surface area (Å²) in [6, 6.07) is 4.51. The number of phenols is 2. The van der Waals surface area contributed by atoms with Gasteiger partial charge in [-0.15, -0.1) is 0 Å². The molecule has 2 aromatic rings. The molecule has 0 aliphatic rings. The largest absolute Gasteiger partial charge is 0.507 e. The highest BCUT2D eigenvalue weighted by molar-refractivity contribution is 5.99. The fraction of sp³-hybridized carbons (Fsp3) is 0. The van der Waals surface area contributed by atoms with Gasteiger partial charge in [0.15, 0.2) is 0 Å². The fourth-order valence-electron chi connectivity index (χ4n) is 2.23. The van der Waals surface area contributed by atoms with E-state index >= 15 is 0 Å². The minimum absolute atomic E-state index is 0.180. The van der Waals surface area contributed by atoms with Gasteiger partial charge in [-0.2, -0.15) is 20.0 Å². The molecule has 0 saturated heterocycles. The van der Waals surface area contributed by atoms with E-state index in [1.54, 1.807) is 0 Å². The molecule has 0 radical (unpaired) electrons. The van der Waals surface area contributed by atoms with Crippen LogP contribution < -0.4 is 0 Å². The second kappa shape index (κ2) is 7.90. The topological polar surface area (TPSA) is 158 Å². The first-order valence-electron chi connectivity index (χ1n) is 6.62. The summed E-state index contributed by atoms with van der Waals surface area (Å²) in [5.41, 5.74) is -1.68. The zero-order valence-corrected chi connectivity index (χ0v) is 12.6. The van der Waals surface area contributed by atoms with Crippen LogP contribution in [0.5, 0.6) is 11.5 Å². The third-order valence-corrected chi connectivity index (χ3v) is 3.17. The summed E-state index contributed by atoms with van der Waals surface area (Å²) in [4.78, 5) is 56.1. The lowest BCUT2D eigenvalue weighted by Gasteiger charge is -2.13. The maximum Gasteiger partial charge on any atom is 0.240 e. The van der Waals surface area contributed by atoms with E-state index in [1.807, 2.05) is 0 Å². The molecule has 26 heavy (non-hydrogen) atoms. The average Bonchev–Trinajstić information content (AvgIpc) is 2.62. The number of nitrogens with zero attached hydrogens (tertiary/aromatic N) is 4. The summed E-state index contributed by atoms with van der Waals surface area (Å²) in [5.74, 6) is -1.01. The van der Waals surface area contributed by atoms with Crippen LogP contribution >= 0.6 is 0 Å². The van der Waals surface area contributed by atoms with Crippen molar-refractivity contribution in [2.75, 3.05) is 0 Å². The van der Waals surface area contributed by atoms with Crippen molar-refractivity contribution in [3.8, 4) is 22.6 Å². The molecular formula is C16H6N4O6. The molecule has 0 aliphatic heterocycles. The van der Waals surface area contributed by atoms with Gasteiger partial charge in [0, 0.05) is 0 Å². The van der Waals surface area contributed by atoms with Crippen molar-refractivity contribution in [2.24, 2.45) is 20.0 Å². The summed E-state index contributed by atoms with van der Waals surface area (Å²) >= 11 is 0. The minimum atomic E-state index is -0.506. The van der Waals surface area contributed by atoms with Gasteiger partial charge in [-0.05, 0) is 24.3 Å². The highest BCUT2D eigenvalue weighted by atomic mass is 16.3. The Labute approximate surface area is 144 Å². The van der Waals surface area contributed by atoms with Crippen molar-refractivity contribution in [3.05, 3.63) is 24.3 Å². The maximum absolute atomic E-state index is 10.8. The van der Waals surface area contributed by atoms with E-state index < -0.39 is 11.5 Å². The Morgan fingerprint density at radius 2 is 0.923 bits per heavy atom. The number of carbonyl (C=O) groups excluding carboxylic acids is 4. The van der Waals surface area contributed by atoms with Gasteiger partial charge in [-0.1, -0.05) is 0 Å². The van der Waals surface area contributed by atoms with Gasteiger partial charge in [0.25, 0.3) is 0 Å². The number of benzene rings is 2. The Hall–Kier alpha value is -4.44. The summed E-state index contributed by atoms with van der Waals surface area (Å²) in [6.45, 7) is 0. The highest BCUT2D eigenvalue weighted by Crippen LogP contribution is 2.52. The normalized spacial score (nSPS) is 9.08. The Kier molecular flexibility index (Phi) is 5.44. The van der Waals surface area contributed by atoms with Crippen molar-refractivity contribution in [1.82, 2.24) is 0 Å². The zero-order chi connectivity index (χ0) is 19.1. The molecule has 2 rings (SSSR count). The van der Waals surface area contributed by atoms with Crippen molar-refractivity contribution in [2.45, 2.75) is 0 Å². The summed E-state index contributed by atoms with van der Waals surface area (Å²) in [6.07, 6.45) is 4.96. The van der Waals surface area contributed by atoms with E-state index in [9.17, 15) is 29.4 Å². The molecule has 0 unspecified atom stereocenters. The Morgan fingerprint density at radius 3 is 1.23 bits per heavy atom. The Balaban J connectivity index is 3.10. The van der Waals surface area contributed by atoms with E-state index in [0.29, 0.717) is 0 Å². The van der Waals surface area contributed by atoms with Crippen molar-refractivity contribution >= 4 is 47.1 Å². The SMILES string of the molecule is O=C=Nc1ccc(O)c(-c2c(O)ccc(N=C=O)c2N=C=O)c1N=C=O. The minimum Gasteiger partial charge on any atom is -0.507 e. The zero-order valence-electron chi connectivity index (χ0n) is 12.6. The van der Waals surface area contributed by atoms with Crippen molar-refractivity contribution in [1.29, 1.82) is 0 Å². The number of rotatable bonds is 5. The van der Waals surface area contributed by atoms with Crippen LogP contribution in [0, 0.1) is 0 Å². The van der Waals surface area contributed by atoms with E-state index in [0.717, 1.165) is 24.3 Å². The highest BCUT2D eigenvalue weighted by Gasteiger charge is 2.23. The maximum atomic E-state index is 10.8. The van der Waals surface area contributed by atoms with Crippen molar-refractivity contribution in [3.63, 3.8) is 0 Å². The number of aliphatic imine (C=N–C) groups is 4. The molecule has 0 bridgehead atoms. The molecular weight excluding hydrogens is 344 g/mol. The van der Waals surface area contributed by atoms with Gasteiger partial charge >= 0.3 is 0 Å². The molecule has 0 heterocycles. The second-order valence-corrected chi connectivity index (χ2v) is 4.47. The van der Waals surface area contributed by atoms with Crippen LogP contribution in [-0.4, -0.2) is 34.5 Å². The molecule has 0 aliphatic carbocycles. The van der Waals surface area contributed by atoms with Crippen LogP contribution in [0.15, 0.2) is 44.2 Å². The van der Waals surface area contributed by atoms with Crippen LogP contribution in [0.2, 0.25) is 0 Å². The van der Waals surface area contributed by atoms with Crippen LogP contribution in [0.4, 0.5) is 22.7 Å². The van der Waals surface area contributed by atoms with Gasteiger partial charge in [0.05, 0.1) is 11.1 Å². The van der Waals surface area contributed by atoms with E-state index in [-0.39, 0.29) is 33.9 Å². The van der Waals surface area contributed by atoms with E-state index in [4.69, 9.17) is 0 Å². The lowest BCUT2D eigenvalue weighted by Crippen LogP contribution is -1.86. The standard InChI is InChI=1S/C16H6N4O6/c21-5-17-9-1-3-11(25)13(15(9)19-7-23)14-12(26)4-2-10(18-6-22)16(14)20-8-24/h1-4,25-26H. The van der Waals surface area contributed by atoms with E-state index in [1.165, 1.54) is 24.3 Å². The summed E-state index contributed by atoms with van der Waals surface area (Å²) < 4.78 is 0. The first-order valence-corrected chi connectivity index (χ1v) is 6.62. The molecule has 126 valence electrons. The molecule has 0 atom stereocenters. The Bertz CT molecular complexity index is 997. The molecule has 0 amide bonds. The number of phenolic OH excluding ortho intramolecular Hbond substituents is 2. The average molecular weight is 350 g/mol. The smallest absolute Gasteiger partial charge is 0.240 e. The predicted octanol–water partition coefficient (Wildman–Crippen LogP) is 2.63. The Morgan fingerprint density at radius 1 is 0.577 bits per heavy atom. The molecule has 2 aromatic carbocycles. The number of aromatic hydroxyl groups is 2. The molecule has 0 saturated carbocycles. The van der Waals surface area contributed by atoms with Crippen LogP contribution in [-0.2, 0) is 19.2 Å². The van der Waals surface area contributed by atoms with Gasteiger partial charge in [-0.25, -0.2) is 19.2 Å². The molecule has 0 fully saturated rings. The first-order chi connectivity index (χ1) is 12.6. The molecule has 10 heteroatoms. The van der Waals surface area contributed by atoms with Crippen LogP contribution in [0.3, 0.4) is 0 Å². The van der Waals surface area contributed by atoms with Crippen LogP contribution in [0.1, 0.15) is 0 Å². The van der Waals surface area contributed by atoms with Gasteiger partial charge in [0.2, 0.25) is 24.3 Å². The van der Waals surface area contributed by atoms with Gasteiger partial charge in [0.1, 0.15) is 34.2 Å². The third kappa shape index (κ3) is 3.25. The summed E-state index contributed by atoms with van der Waals surface area (Å²) in [7, 11) is 0. The second-order valence-electron chi connectivity index (χ2n) is 4.47. The predicted molar refractivity (Wildman–Crippen MR) is 86.3 cm³/mol. The summed E-state index contributed by atoms with van der Waals surface area (Å²) in [5, 5.41) is 20.4. The van der Waals surface area contributed by atoms with Crippen molar-refractivity contribution < 1.29 is 29.4 Å². The lowest BCUT2D eigenvalue weighted by atomic mass is 9.97. The van der Waals surface area contributed by atoms with E-state index in [2.05, 4.69) is 20.0 Å². The lowest BCUT2D eigenvalue weighted by molar-refractivity contribution is 0.469. The fourth-order valence-corrected chi connectivity index (χ4v) is 2.23. The third-order valence-electron chi connectivity index (χ3n) is 3.17. The quantitative estimate of drug-likeness (QED) is 0.623.